The standard InChI is InChI=1S/C15H16F2N2O/c1-19(2)11-4-6-14(18)15(8-11)20-9-10-3-5-12(16)13(17)7-10/h3-8H,9,18H2,1-2H3. The summed E-state index contributed by atoms with van der Waals surface area (Å²) < 4.78 is 31.5. The van der Waals surface area contributed by atoms with Crippen LogP contribution in [0.4, 0.5) is 20.2 Å². The van der Waals surface area contributed by atoms with Gasteiger partial charge >= 0.3 is 0 Å². The van der Waals surface area contributed by atoms with E-state index < -0.39 is 11.6 Å². The highest BCUT2D eigenvalue weighted by atomic mass is 19.2. The maximum absolute atomic E-state index is 13.1. The lowest BCUT2D eigenvalue weighted by molar-refractivity contribution is 0.307. The molecule has 0 aliphatic carbocycles. The number of nitrogens with zero attached hydrogens (tertiary/aromatic N) is 1. The molecule has 0 saturated heterocycles. The predicted molar refractivity (Wildman–Crippen MR) is 75.9 cm³/mol. The van der Waals surface area contributed by atoms with Gasteiger partial charge in [-0.05, 0) is 29.8 Å². The second-order valence-corrected chi connectivity index (χ2v) is 4.65. The molecular weight excluding hydrogens is 262 g/mol. The van der Waals surface area contributed by atoms with Gasteiger partial charge in [-0.1, -0.05) is 6.07 Å². The molecule has 2 rings (SSSR count). The van der Waals surface area contributed by atoms with Gasteiger partial charge in [0, 0.05) is 25.8 Å². The van der Waals surface area contributed by atoms with Crippen molar-refractivity contribution in [3.8, 4) is 5.75 Å². The van der Waals surface area contributed by atoms with Crippen LogP contribution < -0.4 is 15.4 Å². The molecule has 2 N–H and O–H groups in total. The number of halogens is 2. The van der Waals surface area contributed by atoms with Crippen molar-refractivity contribution in [3.63, 3.8) is 0 Å². The normalized spacial score (nSPS) is 10.4. The molecule has 0 saturated carbocycles. The van der Waals surface area contributed by atoms with Crippen molar-refractivity contribution < 1.29 is 13.5 Å². The first kappa shape index (κ1) is 14.1. The molecule has 2 aromatic carbocycles. The number of rotatable bonds is 4. The first-order valence-electron chi connectivity index (χ1n) is 6.11. The maximum atomic E-state index is 13.1. The highest BCUT2D eigenvalue weighted by molar-refractivity contribution is 5.61. The van der Waals surface area contributed by atoms with Gasteiger partial charge in [0.2, 0.25) is 0 Å². The molecule has 0 bridgehead atoms. The van der Waals surface area contributed by atoms with E-state index in [1.165, 1.54) is 6.07 Å². The van der Waals surface area contributed by atoms with Crippen LogP contribution in [0.5, 0.6) is 5.75 Å². The van der Waals surface area contributed by atoms with Gasteiger partial charge in [-0.3, -0.25) is 0 Å². The summed E-state index contributed by atoms with van der Waals surface area (Å²) in [6.45, 7) is 0.123. The van der Waals surface area contributed by atoms with Crippen LogP contribution >= 0.6 is 0 Å². The van der Waals surface area contributed by atoms with Crippen molar-refractivity contribution in [2.24, 2.45) is 0 Å². The zero-order valence-corrected chi connectivity index (χ0v) is 11.4. The van der Waals surface area contributed by atoms with E-state index in [0.717, 1.165) is 17.8 Å². The number of ether oxygens (including phenoxy) is 1. The molecule has 2 aromatic rings. The van der Waals surface area contributed by atoms with Crippen LogP contribution in [0.15, 0.2) is 36.4 Å². The summed E-state index contributed by atoms with van der Waals surface area (Å²) in [5.74, 6) is -1.25. The van der Waals surface area contributed by atoms with E-state index in [9.17, 15) is 8.78 Å². The van der Waals surface area contributed by atoms with Gasteiger partial charge < -0.3 is 15.4 Å². The van der Waals surface area contributed by atoms with Crippen molar-refractivity contribution >= 4 is 11.4 Å². The summed E-state index contributed by atoms with van der Waals surface area (Å²) >= 11 is 0. The molecule has 0 aliphatic heterocycles. The molecule has 0 fully saturated rings. The van der Waals surface area contributed by atoms with Crippen LogP contribution in [0.1, 0.15) is 5.56 Å². The lowest BCUT2D eigenvalue weighted by atomic mass is 10.2. The molecule has 0 radical (unpaired) electrons. The summed E-state index contributed by atoms with van der Waals surface area (Å²) in [6, 6.07) is 9.09. The number of anilines is 2. The van der Waals surface area contributed by atoms with E-state index in [2.05, 4.69) is 0 Å². The summed E-state index contributed by atoms with van der Waals surface area (Å²) in [6.07, 6.45) is 0. The number of hydrogen-bond donors (Lipinski definition) is 1. The second-order valence-electron chi connectivity index (χ2n) is 4.65. The molecule has 20 heavy (non-hydrogen) atoms. The van der Waals surface area contributed by atoms with Crippen LogP contribution in [0.25, 0.3) is 0 Å². The van der Waals surface area contributed by atoms with Crippen LogP contribution in [-0.4, -0.2) is 14.1 Å². The quantitative estimate of drug-likeness (QED) is 0.873. The number of nitrogen functional groups attached to an aromatic ring is 1. The Morgan fingerprint density at radius 2 is 1.80 bits per heavy atom. The van der Waals surface area contributed by atoms with Crippen molar-refractivity contribution in [3.05, 3.63) is 53.6 Å². The van der Waals surface area contributed by atoms with Gasteiger partial charge in [-0.25, -0.2) is 8.78 Å². The van der Waals surface area contributed by atoms with Gasteiger partial charge in [0.1, 0.15) is 12.4 Å². The van der Waals surface area contributed by atoms with Gasteiger partial charge in [0.25, 0.3) is 0 Å². The molecule has 5 heteroatoms. The van der Waals surface area contributed by atoms with Gasteiger partial charge in [-0.15, -0.1) is 0 Å². The average Bonchev–Trinajstić information content (AvgIpc) is 2.41. The highest BCUT2D eigenvalue weighted by Gasteiger charge is 2.06. The van der Waals surface area contributed by atoms with Crippen molar-refractivity contribution in [1.82, 2.24) is 0 Å². The first-order chi connectivity index (χ1) is 9.47. The van der Waals surface area contributed by atoms with Crippen molar-refractivity contribution in [2.45, 2.75) is 6.61 Å². The van der Waals surface area contributed by atoms with Crippen LogP contribution in [0.3, 0.4) is 0 Å². The van der Waals surface area contributed by atoms with Crippen LogP contribution in [0.2, 0.25) is 0 Å². The van der Waals surface area contributed by atoms with E-state index in [4.69, 9.17) is 10.5 Å². The lowest BCUT2D eigenvalue weighted by Gasteiger charge is -2.15. The molecule has 106 valence electrons. The van der Waals surface area contributed by atoms with Gasteiger partial charge in [-0.2, -0.15) is 0 Å². The summed E-state index contributed by atoms with van der Waals surface area (Å²) in [5.41, 5.74) is 7.81. The zero-order chi connectivity index (χ0) is 14.7. The molecule has 0 atom stereocenters. The van der Waals surface area contributed by atoms with E-state index in [-0.39, 0.29) is 6.61 Å². The topological polar surface area (TPSA) is 38.5 Å². The average molecular weight is 278 g/mol. The van der Waals surface area contributed by atoms with Crippen molar-refractivity contribution in [1.29, 1.82) is 0 Å². The Morgan fingerprint density at radius 1 is 1.05 bits per heavy atom. The largest absolute Gasteiger partial charge is 0.487 e. The van der Waals surface area contributed by atoms with Gasteiger partial charge in [0.05, 0.1) is 5.69 Å². The van der Waals surface area contributed by atoms with Crippen LogP contribution in [0, 0.1) is 11.6 Å². The lowest BCUT2D eigenvalue weighted by Crippen LogP contribution is -2.09. The minimum atomic E-state index is -0.888. The maximum Gasteiger partial charge on any atom is 0.159 e. The Hall–Kier alpha value is -2.30. The molecule has 0 unspecified atom stereocenters. The minimum absolute atomic E-state index is 0.123. The zero-order valence-electron chi connectivity index (χ0n) is 11.4. The second kappa shape index (κ2) is 5.77. The first-order valence-corrected chi connectivity index (χ1v) is 6.11. The highest BCUT2D eigenvalue weighted by Crippen LogP contribution is 2.27. The predicted octanol–water partition coefficient (Wildman–Crippen LogP) is 3.19. The molecule has 0 heterocycles. The third-order valence-corrected chi connectivity index (χ3v) is 2.89. The van der Waals surface area contributed by atoms with E-state index in [1.54, 1.807) is 12.1 Å². The summed E-state index contributed by atoms with van der Waals surface area (Å²) in [5, 5.41) is 0. The minimum Gasteiger partial charge on any atom is -0.487 e. The van der Waals surface area contributed by atoms with E-state index >= 15 is 0 Å². The van der Waals surface area contributed by atoms with Crippen molar-refractivity contribution in [2.75, 3.05) is 24.7 Å². The Morgan fingerprint density at radius 3 is 2.45 bits per heavy atom. The molecule has 0 aromatic heterocycles. The molecule has 0 aliphatic rings. The number of benzene rings is 2. The molecule has 3 nitrogen and oxygen atoms in total. The monoisotopic (exact) mass is 278 g/mol. The molecule has 0 spiro atoms. The molecular formula is C15H16F2N2O. The number of hydrogen-bond acceptors (Lipinski definition) is 3. The summed E-state index contributed by atoms with van der Waals surface area (Å²) in [4.78, 5) is 1.92. The third-order valence-electron chi connectivity index (χ3n) is 2.89. The Labute approximate surface area is 116 Å². The third kappa shape index (κ3) is 3.17. The summed E-state index contributed by atoms with van der Waals surface area (Å²) in [7, 11) is 3.81. The fourth-order valence-corrected chi connectivity index (χ4v) is 1.72. The van der Waals surface area contributed by atoms with E-state index in [0.29, 0.717) is 17.0 Å². The Balaban J connectivity index is 2.13. The fourth-order valence-electron chi connectivity index (χ4n) is 1.72. The SMILES string of the molecule is CN(C)c1ccc(N)c(OCc2ccc(F)c(F)c2)c1. The van der Waals surface area contributed by atoms with Crippen LogP contribution in [-0.2, 0) is 6.61 Å². The molecule has 0 amide bonds. The Bertz CT molecular complexity index is 615. The van der Waals surface area contributed by atoms with Gasteiger partial charge in [0.15, 0.2) is 11.6 Å². The Kier molecular flexibility index (Phi) is 4.08. The van der Waals surface area contributed by atoms with E-state index in [1.807, 2.05) is 25.1 Å². The number of nitrogens with two attached hydrogens (primary N) is 1. The smallest absolute Gasteiger partial charge is 0.159 e. The fraction of sp³-hybridized carbons (Fsp3) is 0.200.